The van der Waals surface area contributed by atoms with Gasteiger partial charge in [-0.3, -0.25) is 48.8 Å². The number of carbonyl (C=O) groups excluding carboxylic acids is 8. The number of hydroxylamine groups is 4. The third-order valence-corrected chi connectivity index (χ3v) is 8.52. The van der Waals surface area contributed by atoms with E-state index >= 15 is 0 Å². The van der Waals surface area contributed by atoms with Crippen molar-refractivity contribution >= 4 is 54.2 Å². The minimum atomic E-state index is -1.80. The van der Waals surface area contributed by atoms with Crippen LogP contribution in [-0.4, -0.2) is 163 Å². The van der Waals surface area contributed by atoms with Gasteiger partial charge in [0.25, 0.3) is 5.91 Å². The number of phenols is 2. The number of carbonyl (C=O) groups is 9. The van der Waals surface area contributed by atoms with E-state index in [1.807, 2.05) is 0 Å². The number of aliphatic carboxylic acids is 1. The van der Waals surface area contributed by atoms with Crippen LogP contribution in [0.4, 0.5) is 0 Å². The number of benzene rings is 1. The Balaban J connectivity index is 2.89. The lowest BCUT2D eigenvalue weighted by Crippen LogP contribution is -2.59. The van der Waals surface area contributed by atoms with Crippen molar-refractivity contribution in [3.8, 4) is 11.5 Å². The zero-order chi connectivity index (χ0) is 44.7. The lowest BCUT2D eigenvalue weighted by atomic mass is 10.0. The molecule has 59 heavy (non-hydrogen) atoms. The summed E-state index contributed by atoms with van der Waals surface area (Å²) in [5, 5.41) is 79.8. The van der Waals surface area contributed by atoms with E-state index in [2.05, 4.69) is 26.6 Å². The molecule has 0 aliphatic carbocycles. The van der Waals surface area contributed by atoms with Crippen molar-refractivity contribution in [3.63, 3.8) is 0 Å². The smallest absolute Gasteiger partial charge is 0.326 e. The minimum absolute atomic E-state index is 0.0573. The summed E-state index contributed by atoms with van der Waals surface area (Å²) in [6.45, 7) is -1.49. The van der Waals surface area contributed by atoms with Crippen molar-refractivity contribution in [3.05, 3.63) is 23.8 Å². The Morgan fingerprint density at radius 1 is 0.729 bits per heavy atom. The number of unbranched alkanes of at least 4 members (excludes halogenated alkanes) is 1. The molecule has 1 aromatic carbocycles. The number of aliphatic hydroxyl groups excluding tert-OH is 2. The molecule has 0 aliphatic rings. The van der Waals surface area contributed by atoms with Gasteiger partial charge in [-0.1, -0.05) is 12.5 Å². The van der Waals surface area contributed by atoms with Crippen molar-refractivity contribution in [1.82, 2.24) is 36.7 Å². The summed E-state index contributed by atoms with van der Waals surface area (Å²) in [5.41, 5.74) is 11.1. The average Bonchev–Trinajstić information content (AvgIpc) is 3.18. The molecule has 25 nitrogen and oxygen atoms in total. The lowest BCUT2D eigenvalue weighted by molar-refractivity contribution is -0.150. The largest absolute Gasteiger partial charge is 0.504 e. The molecule has 0 aromatic heterocycles. The predicted molar refractivity (Wildman–Crippen MR) is 198 cm³/mol. The fraction of sp³-hybridized carbons (Fsp3) is 0.559. The van der Waals surface area contributed by atoms with E-state index in [1.165, 1.54) is 18.2 Å². The molecule has 1 aromatic rings. The number of hydrogen-bond donors (Lipinski definition) is 14. The molecular formula is C34H53N9O16. The van der Waals surface area contributed by atoms with Gasteiger partial charge in [0.1, 0.15) is 24.2 Å². The zero-order valence-corrected chi connectivity index (χ0v) is 31.9. The number of primary amides is 1. The van der Waals surface area contributed by atoms with Gasteiger partial charge in [-0.2, -0.15) is 0 Å². The number of carboxylic acid groups (broad SMARTS) is 1. The quantitative estimate of drug-likeness (QED) is 0.0114. The lowest BCUT2D eigenvalue weighted by Gasteiger charge is -2.26. The standard InChI is InChI=1S/C34H53N9O16/c35-20(7-1-2-11-37-30(52)19-6-3-10-25(47)29(19)51)26(48)15-28(50)38-24(16-44)33(55)39-21(8-4-12-42(58)17-45)31(53)41-23(14-27(36)49)32(54)40-22(34(56)57)9-5-13-43(59)18-46/h3,6,10,17-18,20-24,26,44,47-48,51,58-59H,1-2,4-5,7-9,11-16,35H2,(H2,36,49)(H,37,52)(H,38,50)(H,39,55)(H,40,54)(H,41,53)(H,56,57)/t20-,21-,22-,23+,24+,26-/m0/s1. The number of hydrogen-bond acceptors (Lipinski definition) is 16. The van der Waals surface area contributed by atoms with Crippen LogP contribution in [0.15, 0.2) is 18.2 Å². The third-order valence-electron chi connectivity index (χ3n) is 8.52. The number of nitrogens with two attached hydrogens (primary N) is 2. The maximum Gasteiger partial charge on any atom is 0.326 e. The fourth-order valence-corrected chi connectivity index (χ4v) is 5.27. The van der Waals surface area contributed by atoms with Crippen molar-refractivity contribution in [2.45, 2.75) is 94.1 Å². The van der Waals surface area contributed by atoms with E-state index in [-0.39, 0.29) is 80.2 Å². The highest BCUT2D eigenvalue weighted by Gasteiger charge is 2.32. The van der Waals surface area contributed by atoms with Gasteiger partial charge in [0, 0.05) is 25.7 Å². The number of amides is 8. The van der Waals surface area contributed by atoms with Gasteiger partial charge in [-0.15, -0.1) is 0 Å². The first-order valence-electron chi connectivity index (χ1n) is 18.2. The van der Waals surface area contributed by atoms with E-state index in [0.29, 0.717) is 12.8 Å². The van der Waals surface area contributed by atoms with Crippen LogP contribution < -0.4 is 38.1 Å². The minimum Gasteiger partial charge on any atom is -0.504 e. The normalized spacial score (nSPS) is 13.8. The van der Waals surface area contributed by atoms with Gasteiger partial charge < -0.3 is 63.6 Å². The first-order valence-corrected chi connectivity index (χ1v) is 18.2. The molecule has 16 N–H and O–H groups in total. The number of para-hydroxylation sites is 1. The Kier molecular flexibility index (Phi) is 23.0. The average molecular weight is 844 g/mol. The van der Waals surface area contributed by atoms with Gasteiger partial charge in [-0.05, 0) is 50.7 Å². The Morgan fingerprint density at radius 3 is 1.83 bits per heavy atom. The third kappa shape index (κ3) is 19.2. The number of nitrogens with zero attached hydrogens (tertiary/aromatic N) is 2. The van der Waals surface area contributed by atoms with Crippen LogP contribution in [0.2, 0.25) is 0 Å². The maximum absolute atomic E-state index is 13.4. The predicted octanol–water partition coefficient (Wildman–Crippen LogP) is -4.78. The first-order chi connectivity index (χ1) is 27.8. The van der Waals surface area contributed by atoms with E-state index < -0.39 is 109 Å². The second-order valence-electron chi connectivity index (χ2n) is 13.2. The topological polar surface area (TPSA) is 414 Å². The molecule has 8 amide bonds. The molecule has 0 aliphatic heterocycles. The Bertz CT molecular complexity index is 1600. The first kappa shape index (κ1) is 50.9. The van der Waals surface area contributed by atoms with E-state index in [9.17, 15) is 79.1 Å². The summed E-state index contributed by atoms with van der Waals surface area (Å²) in [6, 6.07) is -3.78. The summed E-state index contributed by atoms with van der Waals surface area (Å²) in [4.78, 5) is 110. The van der Waals surface area contributed by atoms with Gasteiger partial charge in [-0.25, -0.2) is 14.9 Å². The molecule has 0 bridgehead atoms. The monoisotopic (exact) mass is 843 g/mol. The molecule has 0 saturated heterocycles. The van der Waals surface area contributed by atoms with Gasteiger partial charge in [0.2, 0.25) is 42.4 Å². The highest BCUT2D eigenvalue weighted by atomic mass is 16.5. The van der Waals surface area contributed by atoms with Gasteiger partial charge in [0.05, 0.1) is 31.1 Å². The van der Waals surface area contributed by atoms with E-state index in [4.69, 9.17) is 11.5 Å². The van der Waals surface area contributed by atoms with Crippen molar-refractivity contribution in [1.29, 1.82) is 0 Å². The molecule has 0 fully saturated rings. The highest BCUT2D eigenvalue weighted by Crippen LogP contribution is 2.27. The number of aliphatic hydroxyl groups is 2. The molecule has 330 valence electrons. The number of phenolic OH excluding ortho intramolecular Hbond substituents is 2. The van der Waals surface area contributed by atoms with Crippen LogP contribution >= 0.6 is 0 Å². The molecule has 6 atom stereocenters. The van der Waals surface area contributed by atoms with Crippen LogP contribution in [-0.2, 0) is 38.4 Å². The molecule has 0 spiro atoms. The SMILES string of the molecule is NC(=O)C[C@@H](NC(=O)[C@H](CCCN(O)C=O)NC(=O)[C@@H](CO)NC(=O)C[C@H](O)[C@@H](N)CCCCNC(=O)c1cccc(O)c1O)C(=O)N[C@@H](CCCN(O)C=O)C(=O)O. The van der Waals surface area contributed by atoms with Gasteiger partial charge >= 0.3 is 5.97 Å². The van der Waals surface area contributed by atoms with E-state index in [0.717, 1.165) is 0 Å². The molecule has 0 heterocycles. The fourth-order valence-electron chi connectivity index (χ4n) is 5.27. The van der Waals surface area contributed by atoms with Crippen LogP contribution in [0.1, 0.15) is 68.1 Å². The zero-order valence-electron chi connectivity index (χ0n) is 31.9. The molecule has 0 saturated carbocycles. The highest BCUT2D eigenvalue weighted by molar-refractivity contribution is 5.98. The molecule has 1 rings (SSSR count). The second kappa shape index (κ2) is 26.7. The summed E-state index contributed by atoms with van der Waals surface area (Å²) >= 11 is 0. The Hall–Kier alpha value is -6.15. The number of rotatable bonds is 30. The molecule has 0 unspecified atom stereocenters. The number of carboxylic acids is 1. The summed E-state index contributed by atoms with van der Waals surface area (Å²) in [6.07, 6.45) is -2.71. The Labute approximate surface area is 337 Å². The molecular weight excluding hydrogens is 790 g/mol. The van der Waals surface area contributed by atoms with Crippen molar-refractivity contribution in [2.75, 3.05) is 26.2 Å². The Morgan fingerprint density at radius 2 is 1.27 bits per heavy atom. The van der Waals surface area contributed by atoms with Crippen LogP contribution in [0, 0.1) is 0 Å². The maximum atomic E-state index is 13.4. The molecule has 25 heteroatoms. The van der Waals surface area contributed by atoms with Crippen molar-refractivity contribution in [2.24, 2.45) is 11.5 Å². The van der Waals surface area contributed by atoms with E-state index in [1.54, 1.807) is 0 Å². The molecule has 0 radical (unpaired) electrons. The van der Waals surface area contributed by atoms with Crippen LogP contribution in [0.25, 0.3) is 0 Å². The second-order valence-corrected chi connectivity index (χ2v) is 13.2. The summed E-state index contributed by atoms with van der Waals surface area (Å²) in [5.74, 6) is -8.73. The number of aromatic hydroxyl groups is 2. The summed E-state index contributed by atoms with van der Waals surface area (Å²) in [7, 11) is 0. The number of nitrogens with one attached hydrogen (secondary N) is 5. The van der Waals surface area contributed by atoms with Crippen molar-refractivity contribution < 1.29 is 79.1 Å². The van der Waals surface area contributed by atoms with Gasteiger partial charge in [0.15, 0.2) is 11.5 Å². The van der Waals surface area contributed by atoms with Crippen LogP contribution in [0.5, 0.6) is 11.5 Å². The summed E-state index contributed by atoms with van der Waals surface area (Å²) < 4.78 is 0. The van der Waals surface area contributed by atoms with Crippen LogP contribution in [0.3, 0.4) is 0 Å².